The molecule has 0 radical (unpaired) electrons. The van der Waals surface area contributed by atoms with Gasteiger partial charge in [0.1, 0.15) is 17.3 Å². The first kappa shape index (κ1) is 23.7. The molecule has 1 aromatic heterocycles. The summed E-state index contributed by atoms with van der Waals surface area (Å²) in [5, 5.41) is 3.13. The van der Waals surface area contributed by atoms with Gasteiger partial charge < -0.3 is 14.8 Å². The Morgan fingerprint density at radius 3 is 2.35 bits per heavy atom. The molecule has 1 unspecified atom stereocenters. The second-order valence-electron chi connectivity index (χ2n) is 8.55. The van der Waals surface area contributed by atoms with E-state index >= 15 is 0 Å². The summed E-state index contributed by atoms with van der Waals surface area (Å²) in [5.74, 6) is 1.11. The van der Waals surface area contributed by atoms with E-state index in [0.29, 0.717) is 16.8 Å². The highest BCUT2D eigenvalue weighted by molar-refractivity contribution is 5.94. The van der Waals surface area contributed by atoms with Gasteiger partial charge in [0.25, 0.3) is 5.91 Å². The number of rotatable bonds is 7. The Kier molecular flexibility index (Phi) is 7.43. The predicted molar refractivity (Wildman–Crippen MR) is 130 cm³/mol. The van der Waals surface area contributed by atoms with Crippen molar-refractivity contribution in [1.82, 2.24) is 15.2 Å². The predicted octanol–water partition coefficient (Wildman–Crippen LogP) is 4.86. The molecule has 2 aromatic carbocycles. The average Bonchev–Trinajstić information content (AvgIpc) is 2.88. The van der Waals surface area contributed by atoms with E-state index in [-0.39, 0.29) is 23.8 Å². The highest BCUT2D eigenvalue weighted by Gasteiger charge is 2.25. The zero-order valence-electron chi connectivity index (χ0n) is 19.8. The minimum atomic E-state index is -0.313. The Morgan fingerprint density at radius 1 is 1.06 bits per heavy atom. The number of nitrogens with zero attached hydrogens (tertiary/aromatic N) is 2. The van der Waals surface area contributed by atoms with Crippen LogP contribution in [0.2, 0.25) is 0 Å². The van der Waals surface area contributed by atoms with Crippen molar-refractivity contribution in [3.05, 3.63) is 77.7 Å². The van der Waals surface area contributed by atoms with Crippen molar-refractivity contribution in [2.45, 2.75) is 31.8 Å². The van der Waals surface area contributed by atoms with Gasteiger partial charge in [-0.2, -0.15) is 0 Å². The largest absolute Gasteiger partial charge is 0.497 e. The van der Waals surface area contributed by atoms with Crippen LogP contribution >= 0.6 is 0 Å². The quantitative estimate of drug-likeness (QED) is 0.542. The monoisotopic (exact) mass is 463 g/mol. The number of carbonyl (C=O) groups excluding carboxylic acids is 1. The number of likely N-dealkylation sites (tertiary alicyclic amines) is 1. The van der Waals surface area contributed by atoms with Gasteiger partial charge >= 0.3 is 0 Å². The van der Waals surface area contributed by atoms with E-state index in [4.69, 9.17) is 9.47 Å². The zero-order chi connectivity index (χ0) is 24.1. The van der Waals surface area contributed by atoms with Gasteiger partial charge in [0, 0.05) is 43.0 Å². The van der Waals surface area contributed by atoms with Crippen molar-refractivity contribution in [3.8, 4) is 22.8 Å². The summed E-state index contributed by atoms with van der Waals surface area (Å²) in [4.78, 5) is 19.5. The van der Waals surface area contributed by atoms with Gasteiger partial charge in [-0.3, -0.25) is 14.7 Å². The first-order valence-electron chi connectivity index (χ1n) is 11.5. The van der Waals surface area contributed by atoms with Crippen LogP contribution in [0.25, 0.3) is 11.3 Å². The Morgan fingerprint density at radius 2 is 1.76 bits per heavy atom. The number of methoxy groups -OCH3 is 2. The van der Waals surface area contributed by atoms with Crippen molar-refractivity contribution in [2.75, 3.05) is 27.3 Å². The summed E-state index contributed by atoms with van der Waals surface area (Å²) < 4.78 is 24.3. The van der Waals surface area contributed by atoms with Crippen molar-refractivity contribution >= 4 is 5.91 Å². The minimum absolute atomic E-state index is 0.110. The minimum Gasteiger partial charge on any atom is -0.497 e. The van der Waals surface area contributed by atoms with Gasteiger partial charge in [0.05, 0.1) is 25.5 Å². The van der Waals surface area contributed by atoms with Crippen LogP contribution in [0.3, 0.4) is 0 Å². The molecule has 34 heavy (non-hydrogen) atoms. The highest BCUT2D eigenvalue weighted by atomic mass is 19.1. The van der Waals surface area contributed by atoms with Crippen LogP contribution in [-0.2, 0) is 0 Å². The van der Waals surface area contributed by atoms with Gasteiger partial charge in [-0.05, 0) is 61.7 Å². The maximum absolute atomic E-state index is 13.5. The molecule has 3 aromatic rings. The van der Waals surface area contributed by atoms with Crippen LogP contribution < -0.4 is 14.8 Å². The Hall–Kier alpha value is -3.45. The number of halogens is 1. The first-order valence-corrected chi connectivity index (χ1v) is 11.5. The molecule has 178 valence electrons. The lowest BCUT2D eigenvalue weighted by Gasteiger charge is -2.36. The molecule has 1 aliphatic rings. The standard InChI is InChI=1S/C27H30FN3O3/c1-18(21-14-24(33-2)16-25(15-21)34-3)31-11-9-23(10-12-31)30-27(32)20-7-8-26(29-17-20)19-5-4-6-22(28)13-19/h4-8,13-18,23H,9-12H2,1-3H3,(H,30,32). The summed E-state index contributed by atoms with van der Waals surface area (Å²) >= 11 is 0. The maximum atomic E-state index is 13.5. The summed E-state index contributed by atoms with van der Waals surface area (Å²) in [6.07, 6.45) is 3.28. The molecule has 2 heterocycles. The molecule has 1 atom stereocenters. The number of hydrogen-bond donors (Lipinski definition) is 1. The molecule has 0 spiro atoms. The molecule has 6 nitrogen and oxygen atoms in total. The topological polar surface area (TPSA) is 63.7 Å². The molecule has 7 heteroatoms. The number of ether oxygens (including phenoxy) is 2. The van der Waals surface area contributed by atoms with E-state index in [1.54, 1.807) is 44.7 Å². The number of pyridine rings is 1. The molecular formula is C27H30FN3O3. The molecule has 0 bridgehead atoms. The lowest BCUT2D eigenvalue weighted by atomic mass is 9.99. The van der Waals surface area contributed by atoms with Crippen LogP contribution in [0.1, 0.15) is 41.7 Å². The van der Waals surface area contributed by atoms with E-state index in [9.17, 15) is 9.18 Å². The molecule has 1 amide bonds. The fraction of sp³-hybridized carbons (Fsp3) is 0.333. The van der Waals surface area contributed by atoms with Gasteiger partial charge in [-0.15, -0.1) is 0 Å². The van der Waals surface area contributed by atoms with E-state index < -0.39 is 0 Å². The van der Waals surface area contributed by atoms with Crippen LogP contribution in [0, 0.1) is 5.82 Å². The third-order valence-corrected chi connectivity index (χ3v) is 6.41. The fourth-order valence-electron chi connectivity index (χ4n) is 4.33. The van der Waals surface area contributed by atoms with Crippen LogP contribution in [0.5, 0.6) is 11.5 Å². The number of piperidine rings is 1. The highest BCUT2D eigenvalue weighted by Crippen LogP contribution is 2.31. The maximum Gasteiger partial charge on any atom is 0.253 e. The van der Waals surface area contributed by atoms with Crippen LogP contribution in [0.4, 0.5) is 4.39 Å². The van der Waals surface area contributed by atoms with E-state index in [2.05, 4.69) is 22.1 Å². The lowest BCUT2D eigenvalue weighted by Crippen LogP contribution is -2.45. The molecule has 4 rings (SSSR count). The van der Waals surface area contributed by atoms with Gasteiger partial charge in [-0.1, -0.05) is 12.1 Å². The summed E-state index contributed by atoms with van der Waals surface area (Å²) in [6, 6.07) is 16.0. The number of nitrogens with one attached hydrogen (secondary N) is 1. The third kappa shape index (κ3) is 5.54. The summed E-state index contributed by atoms with van der Waals surface area (Å²) in [5.41, 5.74) is 2.96. The van der Waals surface area contributed by atoms with Gasteiger partial charge in [0.2, 0.25) is 0 Å². The van der Waals surface area contributed by atoms with E-state index in [1.165, 1.54) is 12.1 Å². The molecule has 1 aliphatic heterocycles. The van der Waals surface area contributed by atoms with Gasteiger partial charge in [0.15, 0.2) is 0 Å². The molecule has 0 aliphatic carbocycles. The van der Waals surface area contributed by atoms with Crippen LogP contribution in [-0.4, -0.2) is 49.1 Å². The number of hydrogen-bond acceptors (Lipinski definition) is 5. The summed E-state index contributed by atoms with van der Waals surface area (Å²) in [7, 11) is 3.31. The second kappa shape index (κ2) is 10.7. The normalized spacial score (nSPS) is 15.5. The van der Waals surface area contributed by atoms with Crippen molar-refractivity contribution in [1.29, 1.82) is 0 Å². The Labute approximate surface area is 199 Å². The van der Waals surface area contributed by atoms with Crippen molar-refractivity contribution in [2.24, 2.45) is 0 Å². The molecular weight excluding hydrogens is 433 g/mol. The zero-order valence-corrected chi connectivity index (χ0v) is 19.8. The van der Waals surface area contributed by atoms with E-state index in [0.717, 1.165) is 43.0 Å². The van der Waals surface area contributed by atoms with Crippen LogP contribution in [0.15, 0.2) is 60.8 Å². The SMILES string of the molecule is COc1cc(OC)cc(C(C)N2CCC(NC(=O)c3ccc(-c4cccc(F)c4)nc3)CC2)c1. The number of benzene rings is 2. The Bertz CT molecular complexity index is 1110. The lowest BCUT2D eigenvalue weighted by molar-refractivity contribution is 0.0895. The number of carbonyl (C=O) groups is 1. The molecule has 1 N–H and O–H groups in total. The molecule has 0 saturated carbocycles. The van der Waals surface area contributed by atoms with Gasteiger partial charge in [-0.25, -0.2) is 4.39 Å². The number of aromatic nitrogens is 1. The fourth-order valence-corrected chi connectivity index (χ4v) is 4.33. The number of amides is 1. The molecule has 1 fully saturated rings. The van der Waals surface area contributed by atoms with Crippen molar-refractivity contribution in [3.63, 3.8) is 0 Å². The second-order valence-corrected chi connectivity index (χ2v) is 8.55. The first-order chi connectivity index (χ1) is 16.5. The average molecular weight is 464 g/mol. The molecule has 1 saturated heterocycles. The smallest absolute Gasteiger partial charge is 0.253 e. The summed E-state index contributed by atoms with van der Waals surface area (Å²) in [6.45, 7) is 3.93. The van der Waals surface area contributed by atoms with Crippen molar-refractivity contribution < 1.29 is 18.7 Å². The third-order valence-electron chi connectivity index (χ3n) is 6.41. The van der Waals surface area contributed by atoms with E-state index in [1.807, 2.05) is 18.2 Å². The Balaban J connectivity index is 1.33.